The number of azide groups is 1. The van der Waals surface area contributed by atoms with Gasteiger partial charge in [0.25, 0.3) is 5.56 Å². The number of rotatable bonds is 9. The molecule has 0 aliphatic carbocycles. The average Bonchev–Trinajstić information content (AvgIpc) is 3.24. The molecule has 0 spiro atoms. The van der Waals surface area contributed by atoms with Crippen molar-refractivity contribution in [2.75, 3.05) is 11.7 Å². The van der Waals surface area contributed by atoms with Crippen LogP contribution in [0.1, 0.15) is 18.2 Å². The molecule has 14 nitrogen and oxygen atoms in total. The van der Waals surface area contributed by atoms with E-state index in [1.807, 2.05) is 0 Å². The minimum Gasteiger partial charge on any atom is -0.391 e. The van der Waals surface area contributed by atoms with Crippen molar-refractivity contribution in [1.29, 1.82) is 0 Å². The number of pyridine rings is 2. The van der Waals surface area contributed by atoms with Crippen molar-refractivity contribution < 1.29 is 18.3 Å². The molecule has 0 aromatic carbocycles. The normalized spacial score (nSPS) is 21.0. The monoisotopic (exact) mass is 500 g/mol. The highest BCUT2D eigenvalue weighted by molar-refractivity contribution is 7.55. The van der Waals surface area contributed by atoms with Gasteiger partial charge in [0.15, 0.2) is 0 Å². The van der Waals surface area contributed by atoms with Crippen LogP contribution in [0.4, 0.5) is 5.69 Å². The lowest BCUT2D eigenvalue weighted by atomic mass is 10.1. The summed E-state index contributed by atoms with van der Waals surface area (Å²) >= 11 is 0. The predicted octanol–water partition coefficient (Wildman–Crippen LogP) is 2.92. The maximum absolute atomic E-state index is 13.6. The van der Waals surface area contributed by atoms with Crippen molar-refractivity contribution in [2.24, 2.45) is 5.11 Å². The summed E-state index contributed by atoms with van der Waals surface area (Å²) in [4.78, 5) is 37.0. The molecule has 4 heterocycles. The zero-order valence-corrected chi connectivity index (χ0v) is 19.3. The summed E-state index contributed by atoms with van der Waals surface area (Å²) in [6.07, 6.45) is 4.26. The Kier molecular flexibility index (Phi) is 7.28. The van der Waals surface area contributed by atoms with Crippen LogP contribution in [0.5, 0.6) is 5.88 Å². The Morgan fingerprint density at radius 1 is 1.31 bits per heavy atom. The molecule has 2 N–H and O–H groups in total. The number of aromatic amines is 1. The minimum absolute atomic E-state index is 0.0597. The van der Waals surface area contributed by atoms with Gasteiger partial charge in [0.2, 0.25) is 5.88 Å². The van der Waals surface area contributed by atoms with Crippen molar-refractivity contribution in [3.05, 3.63) is 92.0 Å². The first-order valence-electron chi connectivity index (χ1n) is 10.4. The summed E-state index contributed by atoms with van der Waals surface area (Å²) in [5.74, 6) is 0.0597. The van der Waals surface area contributed by atoms with Gasteiger partial charge in [0.1, 0.15) is 6.23 Å². The van der Waals surface area contributed by atoms with E-state index in [-0.39, 0.29) is 18.9 Å². The molecule has 0 saturated carbocycles. The number of hydrogen-bond acceptors (Lipinski definition) is 9. The molecule has 1 aliphatic heterocycles. The lowest BCUT2D eigenvalue weighted by molar-refractivity contribution is -0.0235. The van der Waals surface area contributed by atoms with Gasteiger partial charge in [-0.15, -0.1) is 0 Å². The Morgan fingerprint density at radius 3 is 2.83 bits per heavy atom. The zero-order valence-electron chi connectivity index (χ0n) is 18.4. The Labute approximate surface area is 198 Å². The van der Waals surface area contributed by atoms with Gasteiger partial charge < -0.3 is 9.26 Å². The fraction of sp³-hybridized carbons (Fsp3) is 0.300. The van der Waals surface area contributed by atoms with E-state index in [1.165, 1.54) is 35.4 Å². The zero-order chi connectivity index (χ0) is 24.8. The number of aryl methyl sites for hydroxylation is 1. The molecule has 0 bridgehead atoms. The maximum atomic E-state index is 13.6. The van der Waals surface area contributed by atoms with Crippen molar-refractivity contribution in [1.82, 2.24) is 19.5 Å². The number of nitrogens with zero attached hydrogens (tertiary/aromatic N) is 6. The van der Waals surface area contributed by atoms with E-state index < -0.39 is 37.4 Å². The summed E-state index contributed by atoms with van der Waals surface area (Å²) in [6, 6.07) is 7.26. The summed E-state index contributed by atoms with van der Waals surface area (Å²) in [6.45, 7) is 1.24. The topological polar surface area (TPSA) is 186 Å². The molecule has 4 atom stereocenters. The number of anilines is 1. The molecule has 2 unspecified atom stereocenters. The molecule has 35 heavy (non-hydrogen) atoms. The maximum Gasteiger partial charge on any atom is 0.487 e. The number of H-pyrrole nitrogens is 1. The number of ether oxygens (including phenoxy) is 1. The van der Waals surface area contributed by atoms with E-state index in [1.54, 1.807) is 31.2 Å². The lowest BCUT2D eigenvalue weighted by Gasteiger charge is -2.22. The lowest BCUT2D eigenvalue weighted by Crippen LogP contribution is -2.33. The summed E-state index contributed by atoms with van der Waals surface area (Å²) in [5.41, 5.74) is 8.55. The summed E-state index contributed by atoms with van der Waals surface area (Å²) < 4.78 is 31.9. The standard InChI is InChI=1S/C20H21N8O6P/c1-13-11-28(20(30)24-19(13)29)18-10-15(25-27-21)16(33-18)12-32-35(31,26-14-5-8-22-9-6-14)34-17-4-2-3-7-23-17/h2-9,11,15-16,18H,10,12H2,1H3,(H,22,26,31)(H,24,29,30)/t15?,16-,18-,35?/m1/s1. The molecule has 182 valence electrons. The van der Waals surface area contributed by atoms with Crippen molar-refractivity contribution in [2.45, 2.75) is 31.7 Å². The van der Waals surface area contributed by atoms with Crippen LogP contribution in [0, 0.1) is 6.92 Å². The first kappa shape index (κ1) is 24.2. The van der Waals surface area contributed by atoms with Crippen LogP contribution in [0.15, 0.2) is 69.8 Å². The Hall–Kier alpha value is -3.96. The molecular weight excluding hydrogens is 479 g/mol. The van der Waals surface area contributed by atoms with Crippen LogP contribution in [0.2, 0.25) is 0 Å². The van der Waals surface area contributed by atoms with Gasteiger partial charge in [-0.25, -0.2) is 14.3 Å². The van der Waals surface area contributed by atoms with E-state index in [0.29, 0.717) is 11.3 Å². The van der Waals surface area contributed by atoms with Gasteiger partial charge >= 0.3 is 13.4 Å². The predicted molar refractivity (Wildman–Crippen MR) is 124 cm³/mol. The summed E-state index contributed by atoms with van der Waals surface area (Å²) in [5, 5.41) is 6.45. The second kappa shape index (κ2) is 10.5. The highest BCUT2D eigenvalue weighted by Gasteiger charge is 2.39. The second-order valence-corrected chi connectivity index (χ2v) is 9.18. The largest absolute Gasteiger partial charge is 0.487 e. The van der Waals surface area contributed by atoms with E-state index in [0.717, 1.165) is 0 Å². The Balaban J connectivity index is 1.55. The van der Waals surface area contributed by atoms with Gasteiger partial charge in [-0.1, -0.05) is 11.2 Å². The van der Waals surface area contributed by atoms with E-state index in [2.05, 4.69) is 30.1 Å². The van der Waals surface area contributed by atoms with Gasteiger partial charge in [-0.3, -0.25) is 28.9 Å². The third-order valence-corrected chi connectivity index (χ3v) is 6.52. The molecule has 4 rings (SSSR count). The number of hydrogen-bond donors (Lipinski definition) is 2. The number of nitrogens with one attached hydrogen (secondary N) is 2. The van der Waals surface area contributed by atoms with Gasteiger partial charge in [0, 0.05) is 53.4 Å². The molecule has 15 heteroatoms. The van der Waals surface area contributed by atoms with E-state index in [9.17, 15) is 14.2 Å². The van der Waals surface area contributed by atoms with Gasteiger partial charge in [-0.2, -0.15) is 0 Å². The Bertz CT molecular complexity index is 1330. The van der Waals surface area contributed by atoms with Crippen LogP contribution >= 0.6 is 7.75 Å². The molecule has 0 radical (unpaired) electrons. The molecule has 0 amide bonds. The molecule has 3 aromatic rings. The van der Waals surface area contributed by atoms with Crippen molar-refractivity contribution in [3.8, 4) is 5.88 Å². The third-order valence-electron chi connectivity index (χ3n) is 5.07. The van der Waals surface area contributed by atoms with E-state index in [4.69, 9.17) is 19.3 Å². The highest BCUT2D eigenvalue weighted by Crippen LogP contribution is 2.48. The first-order valence-corrected chi connectivity index (χ1v) is 12.0. The summed E-state index contributed by atoms with van der Waals surface area (Å²) in [7, 11) is -4.05. The van der Waals surface area contributed by atoms with E-state index >= 15 is 0 Å². The molecule has 1 aliphatic rings. The quantitative estimate of drug-likeness (QED) is 0.193. The molecule has 1 fully saturated rings. The van der Waals surface area contributed by atoms with Crippen LogP contribution in [0.25, 0.3) is 10.4 Å². The van der Waals surface area contributed by atoms with Crippen LogP contribution in [-0.2, 0) is 13.8 Å². The minimum atomic E-state index is -4.05. The van der Waals surface area contributed by atoms with Crippen LogP contribution in [-0.4, -0.2) is 38.3 Å². The smallest absolute Gasteiger partial charge is 0.391 e. The van der Waals surface area contributed by atoms with Crippen LogP contribution in [0.3, 0.4) is 0 Å². The fourth-order valence-corrected chi connectivity index (χ4v) is 4.71. The van der Waals surface area contributed by atoms with Gasteiger partial charge in [0.05, 0.1) is 18.8 Å². The molecule has 1 saturated heterocycles. The average molecular weight is 500 g/mol. The highest BCUT2D eigenvalue weighted by atomic mass is 31.2. The van der Waals surface area contributed by atoms with Crippen molar-refractivity contribution in [3.63, 3.8) is 0 Å². The SMILES string of the molecule is Cc1cn([C@H]2CC(N=[N+]=[N-])[C@@H](COP(=O)(Nc3ccncc3)Oc3ccccn3)O2)c(=O)[nH]c1=O. The third kappa shape index (κ3) is 5.94. The van der Waals surface area contributed by atoms with Crippen molar-refractivity contribution >= 4 is 13.4 Å². The molecule has 3 aromatic heterocycles. The number of aromatic nitrogens is 4. The fourth-order valence-electron chi connectivity index (χ4n) is 3.39. The van der Waals surface area contributed by atoms with Crippen LogP contribution < -0.4 is 20.9 Å². The first-order chi connectivity index (χ1) is 16.9. The van der Waals surface area contributed by atoms with Gasteiger partial charge in [-0.05, 0) is 30.7 Å². The Morgan fingerprint density at radius 2 is 2.11 bits per heavy atom. The molecular formula is C20H21N8O6P. The second-order valence-electron chi connectivity index (χ2n) is 7.52.